The predicted octanol–water partition coefficient (Wildman–Crippen LogP) is 2.64. The standard InChI is InChI=1S/C15H23N5/c1-11(2)12-4-7-19(8-5-12)15-14-17-6-9-20(14)10-13(16-3)18-15/h6,9-12,16H,4-5,7-8H2,1-3H3. The normalized spacial score (nSPS) is 17.1. The zero-order valence-electron chi connectivity index (χ0n) is 12.5. The molecular formula is C15H23N5. The van der Waals surface area contributed by atoms with Gasteiger partial charge in [-0.15, -0.1) is 0 Å². The Morgan fingerprint density at radius 3 is 2.70 bits per heavy atom. The van der Waals surface area contributed by atoms with Crippen molar-refractivity contribution >= 4 is 17.3 Å². The number of fused-ring (bicyclic) bond motifs is 1. The summed E-state index contributed by atoms with van der Waals surface area (Å²) in [6.45, 7) is 6.80. The summed E-state index contributed by atoms with van der Waals surface area (Å²) in [6, 6.07) is 0. The second kappa shape index (κ2) is 5.31. The number of nitrogens with one attached hydrogen (secondary N) is 1. The van der Waals surface area contributed by atoms with Crippen LogP contribution in [0.15, 0.2) is 18.6 Å². The second-order valence-electron chi connectivity index (χ2n) is 5.93. The van der Waals surface area contributed by atoms with Crippen molar-refractivity contribution in [2.24, 2.45) is 11.8 Å². The highest BCUT2D eigenvalue weighted by Gasteiger charge is 2.24. The molecule has 20 heavy (non-hydrogen) atoms. The summed E-state index contributed by atoms with van der Waals surface area (Å²) >= 11 is 0. The minimum atomic E-state index is 0.778. The van der Waals surface area contributed by atoms with Gasteiger partial charge in [0.1, 0.15) is 5.82 Å². The van der Waals surface area contributed by atoms with Crippen molar-refractivity contribution in [2.75, 3.05) is 30.4 Å². The number of aromatic nitrogens is 3. The van der Waals surface area contributed by atoms with Gasteiger partial charge in [0.05, 0.1) is 6.20 Å². The van der Waals surface area contributed by atoms with E-state index in [-0.39, 0.29) is 0 Å². The minimum Gasteiger partial charge on any atom is -0.372 e. The van der Waals surface area contributed by atoms with E-state index < -0.39 is 0 Å². The van der Waals surface area contributed by atoms with E-state index >= 15 is 0 Å². The molecule has 5 heteroatoms. The Balaban J connectivity index is 1.88. The first kappa shape index (κ1) is 13.2. The molecule has 0 bridgehead atoms. The molecule has 5 nitrogen and oxygen atoms in total. The van der Waals surface area contributed by atoms with Gasteiger partial charge in [0.2, 0.25) is 0 Å². The van der Waals surface area contributed by atoms with E-state index in [0.29, 0.717) is 0 Å². The lowest BCUT2D eigenvalue weighted by molar-refractivity contribution is 0.311. The molecule has 0 aromatic carbocycles. The largest absolute Gasteiger partial charge is 0.372 e. The Labute approximate surface area is 120 Å². The lowest BCUT2D eigenvalue weighted by atomic mass is 9.87. The molecule has 0 aliphatic carbocycles. The molecule has 0 atom stereocenters. The van der Waals surface area contributed by atoms with Crippen molar-refractivity contribution in [3.8, 4) is 0 Å². The van der Waals surface area contributed by atoms with Crippen molar-refractivity contribution < 1.29 is 0 Å². The van der Waals surface area contributed by atoms with Gasteiger partial charge in [-0.1, -0.05) is 13.8 Å². The molecule has 1 saturated heterocycles. The second-order valence-corrected chi connectivity index (χ2v) is 5.93. The monoisotopic (exact) mass is 273 g/mol. The van der Waals surface area contributed by atoms with E-state index in [1.54, 1.807) is 0 Å². The summed E-state index contributed by atoms with van der Waals surface area (Å²) in [7, 11) is 1.90. The maximum atomic E-state index is 4.72. The van der Waals surface area contributed by atoms with Crippen molar-refractivity contribution in [1.82, 2.24) is 14.4 Å². The van der Waals surface area contributed by atoms with Gasteiger partial charge in [0.15, 0.2) is 11.5 Å². The number of nitrogens with zero attached hydrogens (tertiary/aromatic N) is 4. The van der Waals surface area contributed by atoms with Crippen LogP contribution in [0.2, 0.25) is 0 Å². The van der Waals surface area contributed by atoms with Crippen LogP contribution < -0.4 is 10.2 Å². The fourth-order valence-electron chi connectivity index (χ4n) is 3.03. The van der Waals surface area contributed by atoms with Gasteiger partial charge in [-0.3, -0.25) is 0 Å². The molecule has 0 unspecified atom stereocenters. The SMILES string of the molecule is CNc1cn2ccnc2c(N2CCC(C(C)C)CC2)n1. The average molecular weight is 273 g/mol. The zero-order chi connectivity index (χ0) is 14.1. The molecule has 2 aromatic heterocycles. The molecule has 1 aliphatic rings. The molecule has 1 N–H and O–H groups in total. The molecule has 0 radical (unpaired) electrons. The third kappa shape index (κ3) is 2.32. The first-order chi connectivity index (χ1) is 9.69. The molecular weight excluding hydrogens is 250 g/mol. The van der Waals surface area contributed by atoms with Gasteiger partial charge < -0.3 is 14.6 Å². The first-order valence-corrected chi connectivity index (χ1v) is 7.45. The third-order valence-electron chi connectivity index (χ3n) is 4.39. The highest BCUT2D eigenvalue weighted by Crippen LogP contribution is 2.29. The molecule has 3 rings (SSSR count). The summed E-state index contributed by atoms with van der Waals surface area (Å²) in [5, 5.41) is 3.13. The van der Waals surface area contributed by atoms with Crippen LogP contribution in [-0.2, 0) is 0 Å². The first-order valence-electron chi connectivity index (χ1n) is 7.45. The van der Waals surface area contributed by atoms with E-state index in [9.17, 15) is 0 Å². The lowest BCUT2D eigenvalue weighted by Gasteiger charge is -2.34. The van der Waals surface area contributed by atoms with Crippen molar-refractivity contribution in [3.63, 3.8) is 0 Å². The fourth-order valence-corrected chi connectivity index (χ4v) is 3.03. The zero-order valence-corrected chi connectivity index (χ0v) is 12.5. The Hall–Kier alpha value is -1.78. The molecule has 0 spiro atoms. The minimum absolute atomic E-state index is 0.778. The number of hydrogen-bond donors (Lipinski definition) is 1. The quantitative estimate of drug-likeness (QED) is 0.934. The van der Waals surface area contributed by atoms with E-state index in [0.717, 1.165) is 42.2 Å². The van der Waals surface area contributed by atoms with E-state index in [4.69, 9.17) is 4.98 Å². The van der Waals surface area contributed by atoms with Crippen LogP contribution in [0.5, 0.6) is 0 Å². The molecule has 108 valence electrons. The molecule has 3 heterocycles. The summed E-state index contributed by atoms with van der Waals surface area (Å²) in [4.78, 5) is 11.5. The smallest absolute Gasteiger partial charge is 0.180 e. The number of rotatable bonds is 3. The van der Waals surface area contributed by atoms with Crippen LogP contribution >= 0.6 is 0 Å². The van der Waals surface area contributed by atoms with Gasteiger partial charge in [-0.25, -0.2) is 9.97 Å². The van der Waals surface area contributed by atoms with Gasteiger partial charge in [0, 0.05) is 32.5 Å². The topological polar surface area (TPSA) is 45.5 Å². The molecule has 0 amide bonds. The fraction of sp³-hybridized carbons (Fsp3) is 0.600. The van der Waals surface area contributed by atoms with Gasteiger partial charge in [-0.05, 0) is 24.7 Å². The summed E-state index contributed by atoms with van der Waals surface area (Å²) in [5.41, 5.74) is 0.951. The van der Waals surface area contributed by atoms with Crippen LogP contribution in [0.4, 0.5) is 11.6 Å². The highest BCUT2D eigenvalue weighted by molar-refractivity contribution is 5.66. The van der Waals surface area contributed by atoms with Crippen LogP contribution in [-0.4, -0.2) is 34.5 Å². The average Bonchev–Trinajstić information content (AvgIpc) is 2.94. The predicted molar refractivity (Wildman–Crippen MR) is 82.3 cm³/mol. The number of piperidine rings is 1. The van der Waals surface area contributed by atoms with Crippen LogP contribution in [0.25, 0.3) is 5.65 Å². The maximum Gasteiger partial charge on any atom is 0.180 e. The van der Waals surface area contributed by atoms with E-state index in [1.807, 2.05) is 30.0 Å². The number of imidazole rings is 1. The summed E-state index contributed by atoms with van der Waals surface area (Å²) < 4.78 is 2.04. The van der Waals surface area contributed by atoms with Crippen LogP contribution in [0.3, 0.4) is 0 Å². The van der Waals surface area contributed by atoms with Crippen molar-refractivity contribution in [3.05, 3.63) is 18.6 Å². The maximum absolute atomic E-state index is 4.72. The Morgan fingerprint density at radius 1 is 1.30 bits per heavy atom. The van der Waals surface area contributed by atoms with Gasteiger partial charge in [-0.2, -0.15) is 0 Å². The molecule has 0 saturated carbocycles. The molecule has 1 aliphatic heterocycles. The summed E-state index contributed by atoms with van der Waals surface area (Å²) in [5.74, 6) is 3.51. The lowest BCUT2D eigenvalue weighted by Crippen LogP contribution is -2.36. The Kier molecular flexibility index (Phi) is 3.51. The number of hydrogen-bond acceptors (Lipinski definition) is 4. The van der Waals surface area contributed by atoms with Gasteiger partial charge >= 0.3 is 0 Å². The Bertz CT molecular complexity index is 581. The van der Waals surface area contributed by atoms with E-state index in [1.165, 1.54) is 12.8 Å². The molecule has 2 aromatic rings. The van der Waals surface area contributed by atoms with E-state index in [2.05, 4.69) is 29.0 Å². The highest BCUT2D eigenvalue weighted by atomic mass is 15.2. The van der Waals surface area contributed by atoms with Crippen LogP contribution in [0, 0.1) is 11.8 Å². The summed E-state index contributed by atoms with van der Waals surface area (Å²) in [6.07, 6.45) is 8.28. The molecule has 1 fully saturated rings. The van der Waals surface area contributed by atoms with Crippen molar-refractivity contribution in [2.45, 2.75) is 26.7 Å². The van der Waals surface area contributed by atoms with Crippen molar-refractivity contribution in [1.29, 1.82) is 0 Å². The van der Waals surface area contributed by atoms with Gasteiger partial charge in [0.25, 0.3) is 0 Å². The third-order valence-corrected chi connectivity index (χ3v) is 4.39. The Morgan fingerprint density at radius 2 is 2.05 bits per heavy atom. The number of anilines is 2. The van der Waals surface area contributed by atoms with Crippen LogP contribution in [0.1, 0.15) is 26.7 Å².